The van der Waals surface area contributed by atoms with Crippen LogP contribution in [0.3, 0.4) is 0 Å². The van der Waals surface area contributed by atoms with Crippen molar-refractivity contribution in [3.63, 3.8) is 0 Å². The fourth-order valence-electron chi connectivity index (χ4n) is 2.74. The molecule has 1 N–H and O–H groups in total. The molecule has 176 valence electrons. The molecule has 0 fully saturated rings. The molecular formula is C20H17ClN6O5S2. The summed E-state index contributed by atoms with van der Waals surface area (Å²) in [5, 5.41) is 14.4. The molecule has 2 aromatic carbocycles. The molecule has 1 amide bonds. The second kappa shape index (κ2) is 9.85. The van der Waals surface area contributed by atoms with Crippen molar-refractivity contribution >= 4 is 44.0 Å². The van der Waals surface area contributed by atoms with Crippen LogP contribution in [0, 0.1) is 0 Å². The van der Waals surface area contributed by atoms with Crippen molar-refractivity contribution in [2.24, 2.45) is 0 Å². The topological polar surface area (TPSA) is 140 Å². The van der Waals surface area contributed by atoms with Gasteiger partial charge in [-0.15, -0.1) is 10.2 Å². The largest absolute Gasteiger partial charge is 0.497 e. The lowest BCUT2D eigenvalue weighted by Gasteiger charge is -2.11. The first-order chi connectivity index (χ1) is 16.3. The van der Waals surface area contributed by atoms with Gasteiger partial charge in [-0.2, -0.15) is 9.29 Å². The molecule has 0 spiro atoms. The number of hydrogen-bond donors (Lipinski definition) is 1. The SMILES string of the molecule is COc1cccc(-c2noc(CN(C)S(=O)(=O)c3nnc(NC(=O)c4ccc(Cl)cc4)s3)n2)c1. The van der Waals surface area contributed by atoms with Gasteiger partial charge in [0.2, 0.25) is 21.2 Å². The Hall–Kier alpha value is -3.39. The fraction of sp³-hybridized carbons (Fsp3) is 0.150. The van der Waals surface area contributed by atoms with Crippen LogP contribution in [0.2, 0.25) is 5.02 Å². The van der Waals surface area contributed by atoms with Crippen molar-refractivity contribution < 1.29 is 22.5 Å². The first-order valence-corrected chi connectivity index (χ1v) is 12.2. The number of ether oxygens (including phenoxy) is 1. The zero-order valence-corrected chi connectivity index (χ0v) is 20.2. The molecule has 0 aliphatic heterocycles. The van der Waals surface area contributed by atoms with Crippen molar-refractivity contribution in [3.8, 4) is 17.1 Å². The van der Waals surface area contributed by atoms with Crippen molar-refractivity contribution in [1.82, 2.24) is 24.6 Å². The molecule has 0 saturated heterocycles. The van der Waals surface area contributed by atoms with E-state index in [1.54, 1.807) is 43.5 Å². The number of aromatic nitrogens is 4. The van der Waals surface area contributed by atoms with Crippen LogP contribution in [0.1, 0.15) is 16.2 Å². The number of anilines is 1. The number of benzene rings is 2. The molecule has 0 unspecified atom stereocenters. The van der Waals surface area contributed by atoms with Gasteiger partial charge >= 0.3 is 0 Å². The second-order valence-electron chi connectivity index (χ2n) is 6.84. The highest BCUT2D eigenvalue weighted by molar-refractivity contribution is 7.91. The Morgan fingerprint density at radius 1 is 1.21 bits per heavy atom. The van der Waals surface area contributed by atoms with Crippen LogP contribution in [-0.4, -0.2) is 53.1 Å². The average Bonchev–Trinajstić information content (AvgIpc) is 3.50. The van der Waals surface area contributed by atoms with Gasteiger partial charge in [0.15, 0.2) is 0 Å². The molecule has 0 aliphatic carbocycles. The van der Waals surface area contributed by atoms with E-state index in [4.69, 9.17) is 20.9 Å². The first kappa shape index (κ1) is 23.8. The van der Waals surface area contributed by atoms with Crippen molar-refractivity contribution in [2.75, 3.05) is 19.5 Å². The third kappa shape index (κ3) is 5.22. The Labute approximate surface area is 203 Å². The zero-order valence-electron chi connectivity index (χ0n) is 17.8. The van der Waals surface area contributed by atoms with Gasteiger partial charge in [0.1, 0.15) is 5.75 Å². The molecule has 14 heteroatoms. The normalized spacial score (nSPS) is 11.5. The lowest BCUT2D eigenvalue weighted by molar-refractivity contribution is 0.102. The Bertz CT molecular complexity index is 1420. The van der Waals surface area contributed by atoms with E-state index in [-0.39, 0.29) is 21.9 Å². The smallest absolute Gasteiger partial charge is 0.272 e. The monoisotopic (exact) mass is 520 g/mol. The molecule has 0 bridgehead atoms. The lowest BCUT2D eigenvalue weighted by Crippen LogP contribution is -2.26. The van der Waals surface area contributed by atoms with Gasteiger partial charge in [0.25, 0.3) is 15.9 Å². The average molecular weight is 521 g/mol. The number of rotatable bonds is 8. The molecule has 11 nitrogen and oxygen atoms in total. The van der Waals surface area contributed by atoms with Crippen LogP contribution < -0.4 is 10.1 Å². The van der Waals surface area contributed by atoms with Crippen molar-refractivity contribution in [3.05, 3.63) is 65.0 Å². The molecule has 0 atom stereocenters. The molecule has 4 aromatic rings. The summed E-state index contributed by atoms with van der Waals surface area (Å²) < 4.78 is 36.9. The number of carbonyl (C=O) groups is 1. The maximum absolute atomic E-state index is 12.9. The second-order valence-corrected chi connectivity index (χ2v) is 10.5. The predicted molar refractivity (Wildman–Crippen MR) is 124 cm³/mol. The van der Waals surface area contributed by atoms with E-state index in [2.05, 4.69) is 25.7 Å². The van der Waals surface area contributed by atoms with Gasteiger partial charge in [-0.3, -0.25) is 10.1 Å². The van der Waals surface area contributed by atoms with Crippen LogP contribution >= 0.6 is 22.9 Å². The number of sulfonamides is 1. The van der Waals surface area contributed by atoms with E-state index in [9.17, 15) is 13.2 Å². The van der Waals surface area contributed by atoms with E-state index in [0.717, 1.165) is 15.6 Å². The Balaban J connectivity index is 1.44. The third-order valence-corrected chi connectivity index (χ3v) is 7.76. The van der Waals surface area contributed by atoms with Gasteiger partial charge in [0, 0.05) is 23.2 Å². The lowest BCUT2D eigenvalue weighted by atomic mass is 10.2. The van der Waals surface area contributed by atoms with Gasteiger partial charge in [-0.25, -0.2) is 8.42 Å². The summed E-state index contributed by atoms with van der Waals surface area (Å²) in [5.74, 6) is 0.535. The minimum atomic E-state index is -4.03. The summed E-state index contributed by atoms with van der Waals surface area (Å²) in [6, 6.07) is 13.3. The van der Waals surface area contributed by atoms with Crippen LogP contribution in [0.25, 0.3) is 11.4 Å². The maximum atomic E-state index is 12.9. The van der Waals surface area contributed by atoms with E-state index in [0.29, 0.717) is 27.7 Å². The number of carbonyl (C=O) groups excluding carboxylic acids is 1. The number of nitrogens with one attached hydrogen (secondary N) is 1. The van der Waals surface area contributed by atoms with E-state index < -0.39 is 15.9 Å². The minimum Gasteiger partial charge on any atom is -0.497 e. The quantitative estimate of drug-likeness (QED) is 0.346. The highest BCUT2D eigenvalue weighted by Gasteiger charge is 2.28. The number of hydrogen-bond acceptors (Lipinski definition) is 10. The molecule has 2 heterocycles. The summed E-state index contributed by atoms with van der Waals surface area (Å²) in [6.07, 6.45) is 0. The van der Waals surface area contributed by atoms with Crippen molar-refractivity contribution in [1.29, 1.82) is 0 Å². The highest BCUT2D eigenvalue weighted by atomic mass is 35.5. The zero-order chi connectivity index (χ0) is 24.3. The molecule has 2 aromatic heterocycles. The van der Waals surface area contributed by atoms with E-state index in [1.807, 2.05) is 0 Å². The number of methoxy groups -OCH3 is 1. The molecular weight excluding hydrogens is 504 g/mol. The van der Waals surface area contributed by atoms with Gasteiger partial charge in [-0.1, -0.05) is 40.2 Å². The molecule has 0 aliphatic rings. The van der Waals surface area contributed by atoms with Crippen LogP contribution in [0.5, 0.6) is 5.75 Å². The Morgan fingerprint density at radius 3 is 2.71 bits per heavy atom. The summed E-state index contributed by atoms with van der Waals surface area (Å²) >= 11 is 6.54. The van der Waals surface area contributed by atoms with E-state index >= 15 is 0 Å². The molecule has 0 saturated carbocycles. The van der Waals surface area contributed by atoms with Gasteiger partial charge < -0.3 is 9.26 Å². The maximum Gasteiger partial charge on any atom is 0.272 e. The Morgan fingerprint density at radius 2 is 1.97 bits per heavy atom. The summed E-state index contributed by atoms with van der Waals surface area (Å²) in [6.45, 7) is -0.189. The fourth-order valence-corrected chi connectivity index (χ4v) is 5.07. The summed E-state index contributed by atoms with van der Waals surface area (Å²) in [5.41, 5.74) is 0.995. The number of halogens is 1. The first-order valence-electron chi connectivity index (χ1n) is 9.60. The molecule has 4 rings (SSSR count). The number of amides is 1. The summed E-state index contributed by atoms with van der Waals surface area (Å²) in [7, 11) is -1.14. The summed E-state index contributed by atoms with van der Waals surface area (Å²) in [4.78, 5) is 16.6. The van der Waals surface area contributed by atoms with E-state index in [1.165, 1.54) is 19.2 Å². The predicted octanol–water partition coefficient (Wildman–Crippen LogP) is 3.32. The van der Waals surface area contributed by atoms with Gasteiger partial charge in [0.05, 0.1) is 13.7 Å². The molecule has 34 heavy (non-hydrogen) atoms. The third-order valence-electron chi connectivity index (χ3n) is 4.52. The van der Waals surface area contributed by atoms with Crippen LogP contribution in [0.15, 0.2) is 57.4 Å². The highest BCUT2D eigenvalue weighted by Crippen LogP contribution is 2.25. The Kier molecular flexibility index (Phi) is 6.88. The van der Waals surface area contributed by atoms with Crippen LogP contribution in [0.4, 0.5) is 5.13 Å². The van der Waals surface area contributed by atoms with Crippen molar-refractivity contribution in [2.45, 2.75) is 10.9 Å². The van der Waals surface area contributed by atoms with Crippen LogP contribution in [-0.2, 0) is 16.6 Å². The van der Waals surface area contributed by atoms with Gasteiger partial charge in [-0.05, 0) is 36.4 Å². The number of nitrogens with zero attached hydrogens (tertiary/aromatic N) is 5. The standard InChI is InChI=1S/C20H17ClN6O5S2/c1-27(11-16-22-17(26-32-16)13-4-3-5-15(10-13)31-2)34(29,30)20-25-24-19(33-20)23-18(28)12-6-8-14(21)9-7-12/h3-10H,11H2,1-2H3,(H,23,24,28). The molecule has 0 radical (unpaired) electrons. The minimum absolute atomic E-state index is 0.0324.